The van der Waals surface area contributed by atoms with Crippen LogP contribution in [-0.2, 0) is 0 Å². The van der Waals surface area contributed by atoms with Crippen molar-refractivity contribution >= 4 is 39.1 Å². The Kier molecular flexibility index (Phi) is 4.97. The molecular formula is C18H22N6O2S. The molecule has 0 bridgehead atoms. The third kappa shape index (κ3) is 3.75. The van der Waals surface area contributed by atoms with E-state index in [4.69, 9.17) is 5.73 Å². The van der Waals surface area contributed by atoms with E-state index in [1.54, 1.807) is 6.20 Å². The van der Waals surface area contributed by atoms with E-state index in [1.807, 2.05) is 29.8 Å². The fourth-order valence-corrected chi connectivity index (χ4v) is 4.13. The number of urea groups is 1. The van der Waals surface area contributed by atoms with Crippen LogP contribution in [0.15, 0.2) is 36.0 Å². The Morgan fingerprint density at radius 2 is 2.33 bits per heavy atom. The molecule has 0 aliphatic carbocycles. The van der Waals surface area contributed by atoms with Crippen molar-refractivity contribution in [1.29, 1.82) is 0 Å². The SMILES string of the molecule is NC(O)c1ccc(N2CCCC(NC(=O)Nc3nccs3)C2)c2cc[nH]c12. The topological polar surface area (TPSA) is 119 Å². The quantitative estimate of drug-likeness (QED) is 0.441. The highest BCUT2D eigenvalue weighted by molar-refractivity contribution is 7.13. The second kappa shape index (κ2) is 7.55. The minimum absolute atomic E-state index is 0.0486. The number of nitrogens with one attached hydrogen (secondary N) is 3. The van der Waals surface area contributed by atoms with Gasteiger partial charge in [0.05, 0.1) is 5.52 Å². The molecule has 2 unspecified atom stereocenters. The summed E-state index contributed by atoms with van der Waals surface area (Å²) < 4.78 is 0. The van der Waals surface area contributed by atoms with Gasteiger partial charge in [-0.2, -0.15) is 0 Å². The zero-order valence-corrected chi connectivity index (χ0v) is 15.5. The van der Waals surface area contributed by atoms with E-state index in [9.17, 15) is 9.90 Å². The highest BCUT2D eigenvalue weighted by Gasteiger charge is 2.24. The number of anilines is 2. The number of nitrogens with zero attached hydrogens (tertiary/aromatic N) is 2. The molecule has 3 heterocycles. The van der Waals surface area contributed by atoms with Crippen LogP contribution >= 0.6 is 11.3 Å². The summed E-state index contributed by atoms with van der Waals surface area (Å²) in [6, 6.07) is 5.64. The number of carbonyl (C=O) groups is 1. The van der Waals surface area contributed by atoms with Gasteiger partial charge in [0, 0.05) is 53.5 Å². The molecule has 9 heteroatoms. The molecule has 142 valence electrons. The summed E-state index contributed by atoms with van der Waals surface area (Å²) in [6.45, 7) is 1.63. The molecule has 3 aromatic rings. The summed E-state index contributed by atoms with van der Waals surface area (Å²) >= 11 is 1.39. The van der Waals surface area contributed by atoms with E-state index in [-0.39, 0.29) is 12.1 Å². The third-order valence-corrected chi connectivity index (χ3v) is 5.49. The summed E-state index contributed by atoms with van der Waals surface area (Å²) in [4.78, 5) is 21.7. The van der Waals surface area contributed by atoms with E-state index in [2.05, 4.69) is 25.5 Å². The smallest absolute Gasteiger partial charge is 0.321 e. The number of benzene rings is 1. The lowest BCUT2D eigenvalue weighted by Crippen LogP contribution is -2.49. The normalized spacial score (nSPS) is 18.4. The number of nitrogens with two attached hydrogens (primary N) is 1. The number of rotatable bonds is 4. The number of hydrogen-bond acceptors (Lipinski definition) is 6. The summed E-state index contributed by atoms with van der Waals surface area (Å²) in [5, 5.41) is 19.0. The van der Waals surface area contributed by atoms with Crippen LogP contribution in [0.5, 0.6) is 0 Å². The summed E-state index contributed by atoms with van der Waals surface area (Å²) in [5.74, 6) is 0. The zero-order chi connectivity index (χ0) is 18.8. The molecule has 1 fully saturated rings. The monoisotopic (exact) mass is 386 g/mol. The first kappa shape index (κ1) is 17.8. The van der Waals surface area contributed by atoms with Gasteiger partial charge in [-0.1, -0.05) is 6.07 Å². The molecule has 2 aromatic heterocycles. The van der Waals surface area contributed by atoms with E-state index >= 15 is 0 Å². The fraction of sp³-hybridized carbons (Fsp3) is 0.333. The molecule has 8 nitrogen and oxygen atoms in total. The van der Waals surface area contributed by atoms with Crippen molar-refractivity contribution in [3.8, 4) is 0 Å². The Balaban J connectivity index is 1.48. The number of aliphatic hydroxyl groups is 1. The fourth-order valence-electron chi connectivity index (χ4n) is 3.60. The maximum absolute atomic E-state index is 12.2. The highest BCUT2D eigenvalue weighted by Crippen LogP contribution is 2.32. The van der Waals surface area contributed by atoms with Crippen molar-refractivity contribution in [3.05, 3.63) is 41.5 Å². The highest BCUT2D eigenvalue weighted by atomic mass is 32.1. The van der Waals surface area contributed by atoms with Crippen LogP contribution < -0.4 is 21.3 Å². The Morgan fingerprint density at radius 3 is 3.11 bits per heavy atom. The van der Waals surface area contributed by atoms with E-state index < -0.39 is 6.23 Å². The van der Waals surface area contributed by atoms with Gasteiger partial charge in [-0.3, -0.25) is 5.32 Å². The molecule has 4 rings (SSSR count). The average Bonchev–Trinajstić information content (AvgIpc) is 3.32. The van der Waals surface area contributed by atoms with Gasteiger partial charge >= 0.3 is 6.03 Å². The molecule has 0 radical (unpaired) electrons. The summed E-state index contributed by atoms with van der Waals surface area (Å²) in [7, 11) is 0. The predicted molar refractivity (Wildman–Crippen MR) is 107 cm³/mol. The van der Waals surface area contributed by atoms with Crippen LogP contribution in [-0.4, -0.2) is 40.2 Å². The lowest BCUT2D eigenvalue weighted by Gasteiger charge is -2.35. The predicted octanol–water partition coefficient (Wildman–Crippen LogP) is 2.36. The van der Waals surface area contributed by atoms with Gasteiger partial charge < -0.3 is 26.0 Å². The van der Waals surface area contributed by atoms with Crippen LogP contribution in [0, 0.1) is 0 Å². The molecule has 2 atom stereocenters. The number of thiazole rings is 1. The third-order valence-electron chi connectivity index (χ3n) is 4.80. The molecule has 27 heavy (non-hydrogen) atoms. The molecule has 1 aliphatic rings. The molecular weight excluding hydrogens is 364 g/mol. The van der Waals surface area contributed by atoms with Gasteiger partial charge in [0.15, 0.2) is 5.13 Å². The van der Waals surface area contributed by atoms with Gasteiger partial charge in [-0.15, -0.1) is 11.3 Å². The van der Waals surface area contributed by atoms with E-state index in [0.717, 1.165) is 42.5 Å². The zero-order valence-electron chi connectivity index (χ0n) is 14.7. The van der Waals surface area contributed by atoms with Crippen molar-refractivity contribution in [3.63, 3.8) is 0 Å². The number of aromatic nitrogens is 2. The minimum atomic E-state index is -1.02. The molecule has 2 amide bonds. The second-order valence-corrected chi connectivity index (χ2v) is 7.50. The standard InChI is InChI=1S/C18H22N6O2S/c19-16(25)13-3-4-14(12-5-6-20-15(12)13)24-8-1-2-11(10-24)22-17(26)23-18-21-7-9-27-18/h3-7,9,11,16,20,25H,1-2,8,10,19H2,(H2,21,22,23,26). The number of H-pyrrole nitrogens is 1. The lowest BCUT2D eigenvalue weighted by molar-refractivity contribution is 0.187. The Hall–Kier alpha value is -2.62. The van der Waals surface area contributed by atoms with Crippen LogP contribution in [0.2, 0.25) is 0 Å². The van der Waals surface area contributed by atoms with Crippen LogP contribution in [0.1, 0.15) is 24.6 Å². The maximum atomic E-state index is 12.2. The van der Waals surface area contributed by atoms with Crippen LogP contribution in [0.4, 0.5) is 15.6 Å². The van der Waals surface area contributed by atoms with Crippen molar-refractivity contribution in [1.82, 2.24) is 15.3 Å². The number of carbonyl (C=O) groups excluding carboxylic acids is 1. The summed E-state index contributed by atoms with van der Waals surface area (Å²) in [5.41, 5.74) is 8.26. The Morgan fingerprint density at radius 1 is 1.44 bits per heavy atom. The molecule has 1 aromatic carbocycles. The van der Waals surface area contributed by atoms with Gasteiger partial charge in [-0.05, 0) is 25.0 Å². The molecule has 0 saturated carbocycles. The Bertz CT molecular complexity index is 923. The molecule has 1 saturated heterocycles. The van der Waals surface area contributed by atoms with Gasteiger partial charge in [-0.25, -0.2) is 9.78 Å². The Labute approximate surface area is 160 Å². The van der Waals surface area contributed by atoms with Crippen molar-refractivity contribution in [2.24, 2.45) is 5.73 Å². The number of hydrogen-bond donors (Lipinski definition) is 5. The molecule has 6 N–H and O–H groups in total. The first-order chi connectivity index (χ1) is 13.1. The number of fused-ring (bicyclic) bond motifs is 1. The average molecular weight is 386 g/mol. The number of amides is 2. The van der Waals surface area contributed by atoms with E-state index in [0.29, 0.717) is 10.7 Å². The first-order valence-electron chi connectivity index (χ1n) is 8.87. The largest absolute Gasteiger partial charge is 0.374 e. The minimum Gasteiger partial charge on any atom is -0.374 e. The van der Waals surface area contributed by atoms with Crippen molar-refractivity contribution in [2.45, 2.75) is 25.1 Å². The van der Waals surface area contributed by atoms with Gasteiger partial charge in [0.1, 0.15) is 6.23 Å². The second-order valence-electron chi connectivity index (χ2n) is 6.61. The first-order valence-corrected chi connectivity index (χ1v) is 9.75. The summed E-state index contributed by atoms with van der Waals surface area (Å²) in [6.07, 6.45) is 4.39. The van der Waals surface area contributed by atoms with Crippen molar-refractivity contribution in [2.75, 3.05) is 23.3 Å². The number of aromatic amines is 1. The number of piperidine rings is 1. The molecule has 0 spiro atoms. The van der Waals surface area contributed by atoms with Gasteiger partial charge in [0.2, 0.25) is 0 Å². The van der Waals surface area contributed by atoms with Gasteiger partial charge in [0.25, 0.3) is 0 Å². The van der Waals surface area contributed by atoms with E-state index in [1.165, 1.54) is 11.3 Å². The maximum Gasteiger partial charge on any atom is 0.321 e. The van der Waals surface area contributed by atoms with Crippen LogP contribution in [0.3, 0.4) is 0 Å². The lowest BCUT2D eigenvalue weighted by atomic mass is 10.0. The molecule has 1 aliphatic heterocycles. The van der Waals surface area contributed by atoms with Crippen LogP contribution in [0.25, 0.3) is 10.9 Å². The van der Waals surface area contributed by atoms with Crippen molar-refractivity contribution < 1.29 is 9.90 Å². The number of aliphatic hydroxyl groups excluding tert-OH is 1.